The molecule has 1 aromatic rings. The number of ether oxygens (including phenoxy) is 1. The van der Waals surface area contributed by atoms with E-state index in [-0.39, 0.29) is 6.10 Å². The van der Waals surface area contributed by atoms with Gasteiger partial charge in [-0.3, -0.25) is 0 Å². The van der Waals surface area contributed by atoms with Crippen molar-refractivity contribution in [3.05, 3.63) is 24.2 Å². The lowest BCUT2D eigenvalue weighted by atomic mass is 10.1. The summed E-state index contributed by atoms with van der Waals surface area (Å²) in [4.78, 5) is 0. The van der Waals surface area contributed by atoms with Crippen molar-refractivity contribution in [2.24, 2.45) is 5.92 Å². The monoisotopic (exact) mass is 166 g/mol. The van der Waals surface area contributed by atoms with Crippen LogP contribution in [0.25, 0.3) is 0 Å². The highest BCUT2D eigenvalue weighted by Crippen LogP contribution is 2.42. The number of hydrogen-bond donors (Lipinski definition) is 0. The van der Waals surface area contributed by atoms with Crippen LogP contribution in [0.5, 0.6) is 0 Å². The molecule has 0 spiro atoms. The summed E-state index contributed by atoms with van der Waals surface area (Å²) < 4.78 is 10.7. The van der Waals surface area contributed by atoms with Gasteiger partial charge in [-0.2, -0.15) is 0 Å². The third kappa shape index (κ3) is 1.53. The van der Waals surface area contributed by atoms with Gasteiger partial charge in [0.25, 0.3) is 0 Å². The molecule has 1 fully saturated rings. The van der Waals surface area contributed by atoms with Crippen LogP contribution in [0.15, 0.2) is 22.8 Å². The van der Waals surface area contributed by atoms with E-state index in [9.17, 15) is 0 Å². The van der Waals surface area contributed by atoms with Crippen LogP contribution in [0.2, 0.25) is 0 Å². The van der Waals surface area contributed by atoms with Crippen molar-refractivity contribution in [1.29, 1.82) is 0 Å². The molecule has 0 aliphatic carbocycles. The highest BCUT2D eigenvalue weighted by atomic mass is 16.6. The summed E-state index contributed by atoms with van der Waals surface area (Å²) in [5.41, 5.74) is 0. The lowest BCUT2D eigenvalue weighted by Gasteiger charge is -1.97. The second kappa shape index (κ2) is 2.94. The molecule has 2 atom stereocenters. The predicted molar refractivity (Wildman–Crippen MR) is 45.8 cm³/mol. The van der Waals surface area contributed by atoms with Crippen molar-refractivity contribution in [3.63, 3.8) is 0 Å². The molecule has 2 heteroatoms. The van der Waals surface area contributed by atoms with E-state index in [1.165, 1.54) is 0 Å². The first kappa shape index (κ1) is 7.87. The van der Waals surface area contributed by atoms with E-state index in [1.54, 1.807) is 6.26 Å². The molecule has 1 aliphatic heterocycles. The van der Waals surface area contributed by atoms with Gasteiger partial charge in [0.2, 0.25) is 0 Å². The summed E-state index contributed by atoms with van der Waals surface area (Å²) >= 11 is 0. The molecule has 12 heavy (non-hydrogen) atoms. The van der Waals surface area contributed by atoms with E-state index in [0.717, 1.165) is 12.2 Å². The molecule has 0 saturated carbocycles. The molecule has 2 nitrogen and oxygen atoms in total. The number of furan rings is 1. The fourth-order valence-corrected chi connectivity index (χ4v) is 1.49. The number of epoxide rings is 1. The average Bonchev–Trinajstić information content (AvgIpc) is 2.59. The molecule has 0 amide bonds. The molecule has 1 aliphatic rings. The molecule has 0 unspecified atom stereocenters. The van der Waals surface area contributed by atoms with Crippen LogP contribution < -0.4 is 0 Å². The van der Waals surface area contributed by atoms with Gasteiger partial charge in [0.05, 0.1) is 12.4 Å². The first-order valence-electron chi connectivity index (χ1n) is 4.46. The summed E-state index contributed by atoms with van der Waals surface area (Å²) in [7, 11) is 0. The Morgan fingerprint density at radius 1 is 1.50 bits per heavy atom. The largest absolute Gasteiger partial charge is 0.466 e. The second-order valence-electron chi connectivity index (χ2n) is 3.74. The van der Waals surface area contributed by atoms with E-state index in [1.807, 2.05) is 12.1 Å². The smallest absolute Gasteiger partial charge is 0.142 e. The first-order chi connectivity index (χ1) is 5.77. The topological polar surface area (TPSA) is 25.7 Å². The van der Waals surface area contributed by atoms with Crippen molar-refractivity contribution in [2.45, 2.75) is 32.5 Å². The molecule has 0 radical (unpaired) electrons. The highest BCUT2D eigenvalue weighted by Gasteiger charge is 2.42. The minimum atomic E-state index is 0.238. The van der Waals surface area contributed by atoms with E-state index in [2.05, 4.69) is 13.8 Å². The Kier molecular flexibility index (Phi) is 1.93. The molecule has 0 N–H and O–H groups in total. The van der Waals surface area contributed by atoms with Gasteiger partial charge in [0.15, 0.2) is 0 Å². The highest BCUT2D eigenvalue weighted by molar-refractivity contribution is 5.09. The quantitative estimate of drug-likeness (QED) is 0.645. The Labute approximate surface area is 72.5 Å². The fraction of sp³-hybridized carbons (Fsp3) is 0.600. The second-order valence-corrected chi connectivity index (χ2v) is 3.74. The third-order valence-corrected chi connectivity index (χ3v) is 2.11. The Balaban J connectivity index is 1.88. The fourth-order valence-electron chi connectivity index (χ4n) is 1.49. The van der Waals surface area contributed by atoms with Gasteiger partial charge < -0.3 is 9.15 Å². The van der Waals surface area contributed by atoms with Crippen molar-refractivity contribution in [3.8, 4) is 0 Å². The SMILES string of the molecule is CC(C)C[C@@H]1O[C@H]1c1ccco1. The third-order valence-electron chi connectivity index (χ3n) is 2.11. The van der Waals surface area contributed by atoms with Gasteiger partial charge in [-0.25, -0.2) is 0 Å². The van der Waals surface area contributed by atoms with Crippen LogP contribution >= 0.6 is 0 Å². The summed E-state index contributed by atoms with van der Waals surface area (Å²) in [6.07, 6.45) is 3.47. The van der Waals surface area contributed by atoms with Gasteiger partial charge in [-0.05, 0) is 24.5 Å². The van der Waals surface area contributed by atoms with Crippen LogP contribution in [0.3, 0.4) is 0 Å². The van der Waals surface area contributed by atoms with Crippen molar-refractivity contribution >= 4 is 0 Å². The maximum atomic E-state index is 5.48. The Morgan fingerprint density at radius 2 is 2.33 bits per heavy atom. The Bertz CT molecular complexity index is 238. The van der Waals surface area contributed by atoms with Crippen molar-refractivity contribution in [2.75, 3.05) is 0 Å². The zero-order valence-corrected chi connectivity index (χ0v) is 7.49. The average molecular weight is 166 g/mol. The predicted octanol–water partition coefficient (Wildman–Crippen LogP) is 2.77. The number of rotatable bonds is 3. The molecule has 2 rings (SSSR count). The minimum Gasteiger partial charge on any atom is -0.466 e. The van der Waals surface area contributed by atoms with Crippen LogP contribution in [0.1, 0.15) is 32.1 Å². The molecule has 66 valence electrons. The zero-order chi connectivity index (χ0) is 8.55. The summed E-state index contributed by atoms with van der Waals surface area (Å²) in [6, 6.07) is 3.88. The summed E-state index contributed by atoms with van der Waals surface area (Å²) in [5.74, 6) is 1.68. The van der Waals surface area contributed by atoms with E-state index >= 15 is 0 Å². The van der Waals surface area contributed by atoms with E-state index in [4.69, 9.17) is 9.15 Å². The van der Waals surface area contributed by atoms with Gasteiger partial charge in [0, 0.05) is 0 Å². The maximum Gasteiger partial charge on any atom is 0.142 e. The van der Waals surface area contributed by atoms with Crippen molar-refractivity contribution in [1.82, 2.24) is 0 Å². The first-order valence-corrected chi connectivity index (χ1v) is 4.46. The van der Waals surface area contributed by atoms with E-state index < -0.39 is 0 Å². The summed E-state index contributed by atoms with van der Waals surface area (Å²) in [6.45, 7) is 4.42. The van der Waals surface area contributed by atoms with Crippen molar-refractivity contribution < 1.29 is 9.15 Å². The zero-order valence-electron chi connectivity index (χ0n) is 7.49. The molecular weight excluding hydrogens is 152 g/mol. The van der Waals surface area contributed by atoms with Crippen LogP contribution in [-0.2, 0) is 4.74 Å². The Hall–Kier alpha value is -0.760. The van der Waals surface area contributed by atoms with Crippen LogP contribution in [-0.4, -0.2) is 6.10 Å². The van der Waals surface area contributed by atoms with Gasteiger partial charge in [-0.15, -0.1) is 0 Å². The molecule has 1 aromatic heterocycles. The molecular formula is C10H14O2. The van der Waals surface area contributed by atoms with Crippen LogP contribution in [0, 0.1) is 5.92 Å². The molecule has 2 heterocycles. The minimum absolute atomic E-state index is 0.238. The van der Waals surface area contributed by atoms with Gasteiger partial charge >= 0.3 is 0 Å². The van der Waals surface area contributed by atoms with Crippen LogP contribution in [0.4, 0.5) is 0 Å². The normalized spacial score (nSPS) is 27.9. The lowest BCUT2D eigenvalue weighted by Crippen LogP contribution is -1.94. The van der Waals surface area contributed by atoms with E-state index in [0.29, 0.717) is 12.0 Å². The standard InChI is InChI=1S/C10H14O2/c1-7(2)6-9-10(12-9)8-4-3-5-11-8/h3-5,7,9-10H,6H2,1-2H3/t9-,10-/m0/s1. The molecule has 0 bridgehead atoms. The van der Waals surface area contributed by atoms with Gasteiger partial charge in [0.1, 0.15) is 11.9 Å². The maximum absolute atomic E-state index is 5.48. The van der Waals surface area contributed by atoms with Gasteiger partial charge in [-0.1, -0.05) is 13.8 Å². The Morgan fingerprint density at radius 3 is 2.92 bits per heavy atom. The lowest BCUT2D eigenvalue weighted by molar-refractivity contribution is 0.331. The molecule has 1 saturated heterocycles. The summed E-state index contributed by atoms with van der Waals surface area (Å²) in [5, 5.41) is 0. The molecule has 0 aromatic carbocycles. The number of hydrogen-bond acceptors (Lipinski definition) is 2.